The Bertz CT molecular complexity index is 515. The van der Waals surface area contributed by atoms with E-state index in [4.69, 9.17) is 11.6 Å². The first-order chi connectivity index (χ1) is 6.70. The van der Waals surface area contributed by atoms with Crippen LogP contribution in [0.5, 0.6) is 0 Å². The first-order valence-corrected chi connectivity index (χ1v) is 4.10. The minimum absolute atomic E-state index is 0.0631. The fourth-order valence-electron chi connectivity index (χ4n) is 1.18. The van der Waals surface area contributed by atoms with Crippen LogP contribution in [-0.4, -0.2) is 14.9 Å². The van der Waals surface area contributed by atoms with Crippen LogP contribution in [0.15, 0.2) is 24.7 Å². The smallest absolute Gasteiger partial charge is 0.258 e. The largest absolute Gasteiger partial charge is 0.295 e. The van der Waals surface area contributed by atoms with Gasteiger partial charge in [-0.2, -0.15) is 0 Å². The molecule has 6 heteroatoms. The van der Waals surface area contributed by atoms with Gasteiger partial charge in [0.1, 0.15) is 6.33 Å². The predicted octanol–water partition coefficient (Wildman–Crippen LogP) is 2.19. The summed E-state index contributed by atoms with van der Waals surface area (Å²) in [6, 6.07) is 2.79. The quantitative estimate of drug-likeness (QED) is 0.533. The van der Waals surface area contributed by atoms with Crippen molar-refractivity contribution in [3.05, 3.63) is 39.8 Å². The lowest BCUT2D eigenvalue weighted by atomic mass is 10.2. The fraction of sp³-hybridized carbons (Fsp3) is 0. The Morgan fingerprint density at radius 1 is 1.43 bits per heavy atom. The summed E-state index contributed by atoms with van der Waals surface area (Å²) in [6.07, 6.45) is 2.71. The Balaban J connectivity index is 2.88. The van der Waals surface area contributed by atoms with Crippen molar-refractivity contribution >= 4 is 28.2 Å². The molecule has 0 unspecified atom stereocenters. The third kappa shape index (κ3) is 1.27. The van der Waals surface area contributed by atoms with Gasteiger partial charge in [-0.3, -0.25) is 10.1 Å². The minimum Gasteiger partial charge on any atom is -0.258 e. The average molecular weight is 210 g/mol. The van der Waals surface area contributed by atoms with Crippen molar-refractivity contribution in [3.8, 4) is 0 Å². The fourth-order valence-corrected chi connectivity index (χ4v) is 1.38. The van der Waals surface area contributed by atoms with Gasteiger partial charge in [0.25, 0.3) is 5.69 Å². The number of hydrogen-bond acceptors (Lipinski definition) is 4. The van der Waals surface area contributed by atoms with Crippen LogP contribution in [0.1, 0.15) is 0 Å². The standard InChI is InChI=1S/C8H4ClN3O2/c9-6-1-2-7(12(13)14)8-5(6)3-10-4-11-8/h1-4H. The van der Waals surface area contributed by atoms with E-state index in [0.717, 1.165) is 0 Å². The van der Waals surface area contributed by atoms with E-state index in [1.807, 2.05) is 0 Å². The molecular weight excluding hydrogens is 206 g/mol. The average Bonchev–Trinajstić information content (AvgIpc) is 2.18. The van der Waals surface area contributed by atoms with Gasteiger partial charge in [0, 0.05) is 17.6 Å². The van der Waals surface area contributed by atoms with Gasteiger partial charge >= 0.3 is 0 Å². The highest BCUT2D eigenvalue weighted by molar-refractivity contribution is 6.35. The van der Waals surface area contributed by atoms with E-state index in [1.165, 1.54) is 24.7 Å². The summed E-state index contributed by atoms with van der Waals surface area (Å²) in [4.78, 5) is 17.7. The molecular formula is C8H4ClN3O2. The zero-order valence-electron chi connectivity index (χ0n) is 6.85. The van der Waals surface area contributed by atoms with Gasteiger partial charge in [-0.05, 0) is 6.07 Å². The first-order valence-electron chi connectivity index (χ1n) is 3.73. The second kappa shape index (κ2) is 3.19. The minimum atomic E-state index is -0.494. The molecule has 1 aromatic carbocycles. The van der Waals surface area contributed by atoms with E-state index < -0.39 is 4.92 Å². The lowest BCUT2D eigenvalue weighted by Gasteiger charge is -1.98. The zero-order chi connectivity index (χ0) is 10.1. The molecule has 0 amide bonds. The number of fused-ring (bicyclic) bond motifs is 1. The predicted molar refractivity (Wildman–Crippen MR) is 51.2 cm³/mol. The maximum absolute atomic E-state index is 10.6. The molecule has 0 atom stereocenters. The van der Waals surface area contributed by atoms with Crippen molar-refractivity contribution in [1.29, 1.82) is 0 Å². The summed E-state index contributed by atoms with van der Waals surface area (Å²) in [5.74, 6) is 0. The number of halogens is 1. The Morgan fingerprint density at radius 3 is 2.93 bits per heavy atom. The third-order valence-corrected chi connectivity index (χ3v) is 2.13. The van der Waals surface area contributed by atoms with Gasteiger partial charge in [0.2, 0.25) is 0 Å². The monoisotopic (exact) mass is 209 g/mol. The Morgan fingerprint density at radius 2 is 2.21 bits per heavy atom. The van der Waals surface area contributed by atoms with Crippen molar-refractivity contribution < 1.29 is 4.92 Å². The van der Waals surface area contributed by atoms with Gasteiger partial charge in [-0.25, -0.2) is 9.97 Å². The van der Waals surface area contributed by atoms with Gasteiger partial charge < -0.3 is 0 Å². The molecule has 2 aromatic rings. The molecule has 0 aliphatic heterocycles. The molecule has 0 spiro atoms. The van der Waals surface area contributed by atoms with Gasteiger partial charge in [0.15, 0.2) is 5.52 Å². The molecule has 0 aliphatic carbocycles. The van der Waals surface area contributed by atoms with Crippen molar-refractivity contribution in [2.45, 2.75) is 0 Å². The van der Waals surface area contributed by atoms with Gasteiger partial charge in [-0.15, -0.1) is 0 Å². The molecule has 0 bridgehead atoms. The zero-order valence-corrected chi connectivity index (χ0v) is 7.60. The van der Waals surface area contributed by atoms with Crippen LogP contribution in [0.2, 0.25) is 5.02 Å². The summed E-state index contributed by atoms with van der Waals surface area (Å²) in [5, 5.41) is 11.5. The van der Waals surface area contributed by atoms with Crippen molar-refractivity contribution in [2.24, 2.45) is 0 Å². The molecule has 0 saturated heterocycles. The first kappa shape index (κ1) is 8.83. The van der Waals surface area contributed by atoms with Crippen LogP contribution in [0.25, 0.3) is 10.9 Å². The summed E-state index contributed by atoms with van der Waals surface area (Å²) in [6.45, 7) is 0. The van der Waals surface area contributed by atoms with E-state index in [-0.39, 0.29) is 11.2 Å². The maximum Gasteiger partial charge on any atom is 0.295 e. The third-order valence-electron chi connectivity index (χ3n) is 1.80. The number of nitro groups is 1. The van der Waals surface area contributed by atoms with Gasteiger partial charge in [-0.1, -0.05) is 11.6 Å². The number of hydrogen-bond donors (Lipinski definition) is 0. The molecule has 1 aromatic heterocycles. The molecule has 2 rings (SSSR count). The maximum atomic E-state index is 10.6. The summed E-state index contributed by atoms with van der Waals surface area (Å²) >= 11 is 5.83. The van der Waals surface area contributed by atoms with Gasteiger partial charge in [0.05, 0.1) is 9.95 Å². The van der Waals surface area contributed by atoms with Crippen LogP contribution >= 0.6 is 11.6 Å². The number of aromatic nitrogens is 2. The molecule has 1 heterocycles. The van der Waals surface area contributed by atoms with E-state index in [0.29, 0.717) is 10.4 Å². The lowest BCUT2D eigenvalue weighted by Crippen LogP contribution is -1.92. The van der Waals surface area contributed by atoms with E-state index in [1.54, 1.807) is 0 Å². The molecule has 0 fully saturated rings. The SMILES string of the molecule is O=[N+]([O-])c1ccc(Cl)c2cncnc12. The Labute approximate surface area is 83.5 Å². The molecule has 0 N–H and O–H groups in total. The molecule has 0 aliphatic rings. The van der Waals surface area contributed by atoms with Crippen LogP contribution in [0.4, 0.5) is 5.69 Å². The highest BCUT2D eigenvalue weighted by Crippen LogP contribution is 2.28. The lowest BCUT2D eigenvalue weighted by molar-refractivity contribution is -0.383. The van der Waals surface area contributed by atoms with Crippen LogP contribution in [0, 0.1) is 10.1 Å². The Hall–Kier alpha value is -1.75. The summed E-state index contributed by atoms with van der Waals surface area (Å²) in [7, 11) is 0. The number of nitrogens with zero attached hydrogens (tertiary/aromatic N) is 3. The highest BCUT2D eigenvalue weighted by atomic mass is 35.5. The van der Waals surface area contributed by atoms with Crippen LogP contribution in [-0.2, 0) is 0 Å². The number of nitro benzene ring substituents is 1. The highest BCUT2D eigenvalue weighted by Gasteiger charge is 2.14. The molecule has 0 radical (unpaired) electrons. The molecule has 14 heavy (non-hydrogen) atoms. The number of rotatable bonds is 1. The number of benzene rings is 1. The summed E-state index contributed by atoms with van der Waals surface area (Å²) in [5.41, 5.74) is 0.198. The van der Waals surface area contributed by atoms with Crippen molar-refractivity contribution in [1.82, 2.24) is 9.97 Å². The second-order valence-electron chi connectivity index (χ2n) is 2.61. The second-order valence-corrected chi connectivity index (χ2v) is 3.02. The Kier molecular flexibility index (Phi) is 2.01. The van der Waals surface area contributed by atoms with E-state index in [2.05, 4.69) is 9.97 Å². The molecule has 70 valence electrons. The van der Waals surface area contributed by atoms with Crippen LogP contribution < -0.4 is 0 Å². The summed E-state index contributed by atoms with van der Waals surface area (Å²) < 4.78 is 0. The van der Waals surface area contributed by atoms with Crippen molar-refractivity contribution in [2.75, 3.05) is 0 Å². The van der Waals surface area contributed by atoms with Crippen LogP contribution in [0.3, 0.4) is 0 Å². The number of non-ortho nitro benzene ring substituents is 1. The van der Waals surface area contributed by atoms with E-state index >= 15 is 0 Å². The normalized spacial score (nSPS) is 10.4. The molecule has 0 saturated carbocycles. The van der Waals surface area contributed by atoms with Crippen molar-refractivity contribution in [3.63, 3.8) is 0 Å². The van der Waals surface area contributed by atoms with E-state index in [9.17, 15) is 10.1 Å². The molecule has 5 nitrogen and oxygen atoms in total. The topological polar surface area (TPSA) is 68.9 Å².